The molecular formula is C17H15FN2O. The maximum absolute atomic E-state index is 13.2. The quantitative estimate of drug-likeness (QED) is 0.769. The largest absolute Gasteiger partial charge is 0.388 e. The number of hydrogen-bond donors (Lipinski definition) is 2. The van der Waals surface area contributed by atoms with Crippen molar-refractivity contribution in [2.24, 2.45) is 0 Å². The molecule has 0 spiro atoms. The van der Waals surface area contributed by atoms with Crippen LogP contribution in [0.3, 0.4) is 0 Å². The van der Waals surface area contributed by atoms with Gasteiger partial charge in [0.15, 0.2) is 0 Å². The molecule has 2 N–H and O–H groups in total. The lowest BCUT2D eigenvalue weighted by molar-refractivity contribution is 0.179. The summed E-state index contributed by atoms with van der Waals surface area (Å²) in [5.41, 5.74) is 3.22. The smallest absolute Gasteiger partial charge is 0.123 e. The van der Waals surface area contributed by atoms with Crippen molar-refractivity contribution in [2.45, 2.75) is 12.5 Å². The first-order valence-corrected chi connectivity index (χ1v) is 6.75. The van der Waals surface area contributed by atoms with Gasteiger partial charge < -0.3 is 5.11 Å². The molecule has 106 valence electrons. The van der Waals surface area contributed by atoms with Gasteiger partial charge in [0.25, 0.3) is 0 Å². The summed E-state index contributed by atoms with van der Waals surface area (Å²) in [5.74, 6) is -0.296. The van der Waals surface area contributed by atoms with Crippen LogP contribution in [0.15, 0.2) is 60.8 Å². The maximum atomic E-state index is 13.2. The van der Waals surface area contributed by atoms with Crippen molar-refractivity contribution in [3.63, 3.8) is 0 Å². The van der Waals surface area contributed by atoms with E-state index in [1.165, 1.54) is 12.1 Å². The molecular weight excluding hydrogens is 267 g/mol. The van der Waals surface area contributed by atoms with E-state index in [-0.39, 0.29) is 5.82 Å². The molecule has 1 heterocycles. The first-order chi connectivity index (χ1) is 10.2. The Bertz CT molecular complexity index is 724. The molecule has 2 aromatic carbocycles. The lowest BCUT2D eigenvalue weighted by Gasteiger charge is -2.11. The minimum Gasteiger partial charge on any atom is -0.388 e. The van der Waals surface area contributed by atoms with Crippen LogP contribution >= 0.6 is 0 Å². The average Bonchev–Trinajstić information content (AvgIpc) is 2.98. The van der Waals surface area contributed by atoms with Gasteiger partial charge in [-0.3, -0.25) is 5.10 Å². The van der Waals surface area contributed by atoms with Gasteiger partial charge in [-0.1, -0.05) is 42.5 Å². The zero-order chi connectivity index (χ0) is 14.7. The third-order valence-electron chi connectivity index (χ3n) is 3.41. The van der Waals surface area contributed by atoms with E-state index in [2.05, 4.69) is 10.2 Å². The summed E-state index contributed by atoms with van der Waals surface area (Å²) in [5, 5.41) is 17.3. The number of aromatic amines is 1. The van der Waals surface area contributed by atoms with Gasteiger partial charge in [0.05, 0.1) is 18.0 Å². The standard InChI is InChI=1S/C17H15FN2O/c18-14-8-4-5-12(9-14)10-16(21)15-11-19-20-17(15)13-6-2-1-3-7-13/h1-9,11,16,21H,10H2,(H,19,20). The highest BCUT2D eigenvalue weighted by molar-refractivity contribution is 5.62. The Kier molecular flexibility index (Phi) is 3.79. The predicted molar refractivity (Wildman–Crippen MR) is 79.1 cm³/mol. The van der Waals surface area contributed by atoms with E-state index in [4.69, 9.17) is 0 Å². The van der Waals surface area contributed by atoms with Gasteiger partial charge in [0.1, 0.15) is 5.82 Å². The zero-order valence-corrected chi connectivity index (χ0v) is 11.3. The normalized spacial score (nSPS) is 12.3. The van der Waals surface area contributed by atoms with E-state index in [0.717, 1.165) is 16.8 Å². The molecule has 0 saturated heterocycles. The molecule has 3 nitrogen and oxygen atoms in total. The molecule has 0 saturated carbocycles. The topological polar surface area (TPSA) is 48.9 Å². The summed E-state index contributed by atoms with van der Waals surface area (Å²) >= 11 is 0. The molecule has 3 rings (SSSR count). The summed E-state index contributed by atoms with van der Waals surface area (Å²) in [6.45, 7) is 0. The number of hydrogen-bond acceptors (Lipinski definition) is 2. The number of aliphatic hydroxyl groups is 1. The Morgan fingerprint density at radius 1 is 1.10 bits per heavy atom. The molecule has 21 heavy (non-hydrogen) atoms. The Morgan fingerprint density at radius 3 is 2.67 bits per heavy atom. The second-order valence-corrected chi connectivity index (χ2v) is 4.92. The van der Waals surface area contributed by atoms with Gasteiger partial charge in [-0.2, -0.15) is 5.10 Å². The number of benzene rings is 2. The van der Waals surface area contributed by atoms with Gasteiger partial charge in [-0.25, -0.2) is 4.39 Å². The average molecular weight is 282 g/mol. The molecule has 0 radical (unpaired) electrons. The van der Waals surface area contributed by atoms with Gasteiger partial charge >= 0.3 is 0 Å². The highest BCUT2D eigenvalue weighted by Gasteiger charge is 2.16. The third kappa shape index (κ3) is 3.01. The van der Waals surface area contributed by atoms with Crippen molar-refractivity contribution in [3.05, 3.63) is 77.7 Å². The van der Waals surface area contributed by atoms with Crippen LogP contribution in [0.2, 0.25) is 0 Å². The number of H-pyrrole nitrogens is 1. The Morgan fingerprint density at radius 2 is 1.90 bits per heavy atom. The molecule has 1 atom stereocenters. The van der Waals surface area contributed by atoms with Crippen molar-refractivity contribution in [3.8, 4) is 11.3 Å². The molecule has 1 aromatic heterocycles. The number of aliphatic hydroxyl groups excluding tert-OH is 1. The van der Waals surface area contributed by atoms with E-state index in [1.54, 1.807) is 18.3 Å². The summed E-state index contributed by atoms with van der Waals surface area (Å²) < 4.78 is 13.2. The Balaban J connectivity index is 1.86. The molecule has 0 aliphatic rings. The van der Waals surface area contributed by atoms with Crippen LogP contribution in [0.5, 0.6) is 0 Å². The molecule has 0 amide bonds. The van der Waals surface area contributed by atoms with Crippen LogP contribution < -0.4 is 0 Å². The Labute approximate surface area is 122 Å². The summed E-state index contributed by atoms with van der Waals surface area (Å²) in [4.78, 5) is 0. The molecule has 0 bridgehead atoms. The minimum absolute atomic E-state index is 0.296. The van der Waals surface area contributed by atoms with Gasteiger partial charge in [0, 0.05) is 12.0 Å². The molecule has 3 aromatic rings. The minimum atomic E-state index is -0.735. The summed E-state index contributed by atoms with van der Waals surface area (Å²) in [6, 6.07) is 16.0. The van der Waals surface area contributed by atoms with Crippen molar-refractivity contribution >= 4 is 0 Å². The van der Waals surface area contributed by atoms with Crippen LogP contribution in [0.1, 0.15) is 17.2 Å². The number of halogens is 1. The summed E-state index contributed by atoms with van der Waals surface area (Å²) in [7, 11) is 0. The number of nitrogens with one attached hydrogen (secondary N) is 1. The van der Waals surface area contributed by atoms with E-state index >= 15 is 0 Å². The van der Waals surface area contributed by atoms with Crippen molar-refractivity contribution < 1.29 is 9.50 Å². The number of nitrogens with zero attached hydrogens (tertiary/aromatic N) is 1. The first-order valence-electron chi connectivity index (χ1n) is 6.75. The lowest BCUT2D eigenvalue weighted by Crippen LogP contribution is -2.02. The first kappa shape index (κ1) is 13.5. The fourth-order valence-electron chi connectivity index (χ4n) is 2.38. The molecule has 0 aliphatic heterocycles. The van der Waals surface area contributed by atoms with Crippen LogP contribution in [-0.2, 0) is 6.42 Å². The maximum Gasteiger partial charge on any atom is 0.123 e. The van der Waals surface area contributed by atoms with E-state index < -0.39 is 6.10 Å². The zero-order valence-electron chi connectivity index (χ0n) is 11.3. The van der Waals surface area contributed by atoms with Crippen LogP contribution in [0.4, 0.5) is 4.39 Å². The van der Waals surface area contributed by atoms with E-state index in [1.807, 2.05) is 30.3 Å². The number of rotatable bonds is 4. The second kappa shape index (κ2) is 5.89. The summed E-state index contributed by atoms with van der Waals surface area (Å²) in [6.07, 6.45) is 1.23. The molecule has 0 fully saturated rings. The van der Waals surface area contributed by atoms with Crippen LogP contribution in [0.25, 0.3) is 11.3 Å². The fourth-order valence-corrected chi connectivity index (χ4v) is 2.38. The lowest BCUT2D eigenvalue weighted by atomic mass is 9.99. The SMILES string of the molecule is OC(Cc1cccc(F)c1)c1cn[nH]c1-c1ccccc1. The van der Waals surface area contributed by atoms with E-state index in [0.29, 0.717) is 12.0 Å². The highest BCUT2D eigenvalue weighted by Crippen LogP contribution is 2.28. The Hall–Kier alpha value is -2.46. The monoisotopic (exact) mass is 282 g/mol. The molecule has 4 heteroatoms. The molecule has 0 aliphatic carbocycles. The van der Waals surface area contributed by atoms with E-state index in [9.17, 15) is 9.50 Å². The third-order valence-corrected chi connectivity index (χ3v) is 3.41. The highest BCUT2D eigenvalue weighted by atomic mass is 19.1. The van der Waals surface area contributed by atoms with Crippen molar-refractivity contribution in [1.29, 1.82) is 0 Å². The van der Waals surface area contributed by atoms with Gasteiger partial charge in [0.2, 0.25) is 0 Å². The number of aromatic nitrogens is 2. The predicted octanol–water partition coefficient (Wildman–Crippen LogP) is 3.49. The van der Waals surface area contributed by atoms with Gasteiger partial charge in [-0.15, -0.1) is 0 Å². The van der Waals surface area contributed by atoms with Crippen LogP contribution in [-0.4, -0.2) is 15.3 Å². The molecule has 1 unspecified atom stereocenters. The van der Waals surface area contributed by atoms with Crippen LogP contribution in [0, 0.1) is 5.82 Å². The van der Waals surface area contributed by atoms with Crippen molar-refractivity contribution in [1.82, 2.24) is 10.2 Å². The van der Waals surface area contributed by atoms with Gasteiger partial charge in [-0.05, 0) is 23.3 Å². The van der Waals surface area contributed by atoms with Crippen molar-refractivity contribution in [2.75, 3.05) is 0 Å². The fraction of sp³-hybridized carbons (Fsp3) is 0.118. The second-order valence-electron chi connectivity index (χ2n) is 4.92.